The van der Waals surface area contributed by atoms with Crippen LogP contribution in [0.2, 0.25) is 0 Å². The molecule has 2 aliphatic rings. The fraction of sp³-hybridized carbons (Fsp3) is 0.429. The third kappa shape index (κ3) is 3.32. The van der Waals surface area contributed by atoms with Crippen molar-refractivity contribution in [2.75, 3.05) is 0 Å². The molecule has 3 heterocycles. The van der Waals surface area contributed by atoms with E-state index in [9.17, 15) is 19.8 Å². The number of β-lactam (4-membered cyclic amide) rings is 1. The van der Waals surface area contributed by atoms with E-state index < -0.39 is 18.0 Å². The quantitative estimate of drug-likeness (QED) is 0.433. The van der Waals surface area contributed by atoms with E-state index in [1.807, 2.05) is 0 Å². The fourth-order valence-corrected chi connectivity index (χ4v) is 4.00. The normalized spacial score (nSPS) is 23.9. The molecule has 0 unspecified atom stereocenters. The molecule has 0 aliphatic carbocycles. The average molecular weight is 343 g/mol. The second kappa shape index (κ2) is 7.31. The first-order valence-electron chi connectivity index (χ1n) is 6.85. The molecule has 3 rings (SSSR count). The molecule has 23 heavy (non-hydrogen) atoms. The number of rotatable bonds is 5. The number of hydrogen-bond acceptors (Lipinski definition) is 7. The van der Waals surface area contributed by atoms with Crippen LogP contribution in [0.25, 0.3) is 0 Å². The van der Waals surface area contributed by atoms with Gasteiger partial charge in [-0.1, -0.05) is 0 Å². The molecule has 9 heteroatoms. The van der Waals surface area contributed by atoms with Crippen molar-refractivity contribution in [3.8, 4) is 0 Å². The first-order valence-corrected chi connectivity index (χ1v) is 7.84. The van der Waals surface area contributed by atoms with Gasteiger partial charge in [-0.05, 0) is 19.1 Å². The van der Waals surface area contributed by atoms with Gasteiger partial charge < -0.3 is 19.9 Å². The van der Waals surface area contributed by atoms with Crippen molar-refractivity contribution in [3.05, 3.63) is 34.6 Å². The minimum absolute atomic E-state index is 0. The number of aliphatic hydroxyl groups excluding tert-OH is 1. The summed E-state index contributed by atoms with van der Waals surface area (Å²) in [7, 11) is 0. The number of carbonyl (C=O) groups excluding carboxylic acids is 2. The molecule has 0 bridgehead atoms. The van der Waals surface area contributed by atoms with Crippen LogP contribution in [0.15, 0.2) is 28.9 Å². The maximum atomic E-state index is 12.0. The summed E-state index contributed by atoms with van der Waals surface area (Å²) in [6.07, 6.45) is 1.20. The monoisotopic (exact) mass is 343 g/mol. The summed E-state index contributed by atoms with van der Waals surface area (Å²) in [5, 5.41) is 28.7. The van der Waals surface area contributed by atoms with Crippen molar-refractivity contribution in [3.63, 3.8) is 0 Å². The van der Waals surface area contributed by atoms with Crippen LogP contribution in [0.3, 0.4) is 0 Å². The number of aliphatic hydroxyl groups is 1. The molecule has 1 amide bonds. The van der Waals surface area contributed by atoms with Crippen molar-refractivity contribution < 1.29 is 49.4 Å². The average Bonchev–Trinajstić information content (AvgIpc) is 2.80. The van der Waals surface area contributed by atoms with Crippen molar-refractivity contribution >= 4 is 23.6 Å². The van der Waals surface area contributed by atoms with Gasteiger partial charge in [0.15, 0.2) is 0 Å². The van der Waals surface area contributed by atoms with Gasteiger partial charge in [-0.15, -0.1) is 11.8 Å². The Hall–Kier alpha value is -0.930. The Labute approximate surface area is 159 Å². The van der Waals surface area contributed by atoms with Crippen LogP contribution in [0.4, 0.5) is 0 Å². The fourth-order valence-electron chi connectivity index (χ4n) is 2.92. The van der Waals surface area contributed by atoms with Crippen LogP contribution >= 0.6 is 11.8 Å². The van der Waals surface area contributed by atoms with E-state index in [-0.39, 0.29) is 47.2 Å². The number of hydrogen-bond donors (Lipinski definition) is 1. The maximum absolute atomic E-state index is 12.0. The number of carboxylic acids is 1. The molecule has 1 aromatic rings. The first-order chi connectivity index (χ1) is 10.5. The number of aliphatic carboxylic acids is 1. The molecule has 0 spiro atoms. The minimum Gasteiger partial charge on any atom is -0.543 e. The van der Waals surface area contributed by atoms with E-state index in [0.717, 1.165) is 5.69 Å². The van der Waals surface area contributed by atoms with Crippen molar-refractivity contribution in [1.82, 2.24) is 15.1 Å². The molecule has 2 aliphatic heterocycles. The van der Waals surface area contributed by atoms with E-state index in [4.69, 9.17) is 0 Å². The van der Waals surface area contributed by atoms with E-state index >= 15 is 0 Å². The Kier molecular flexibility index (Phi) is 5.85. The zero-order valence-electron chi connectivity index (χ0n) is 12.8. The number of carboxylic acid groups (broad SMARTS) is 1. The Bertz CT molecular complexity index is 653. The minimum atomic E-state index is -1.36. The number of carbonyl (C=O) groups is 2. The van der Waals surface area contributed by atoms with Crippen molar-refractivity contribution in [2.24, 2.45) is 5.92 Å². The molecule has 1 saturated heterocycles. The third-order valence-electron chi connectivity index (χ3n) is 3.90. The Morgan fingerprint density at radius 2 is 2.35 bits per heavy atom. The van der Waals surface area contributed by atoms with Crippen LogP contribution in [0, 0.1) is 5.92 Å². The van der Waals surface area contributed by atoms with Crippen LogP contribution in [-0.4, -0.2) is 44.2 Å². The van der Waals surface area contributed by atoms with E-state index in [1.54, 1.807) is 25.3 Å². The third-order valence-corrected chi connectivity index (χ3v) is 5.05. The SMILES string of the molecule is C[C@@H](O)[C@H]1C(=O)N2C(C(=O)[O-])=C(SCc3cccnn3)C[C@H]12.[Na+]. The number of fused-ring (bicyclic) bond motifs is 1. The Morgan fingerprint density at radius 1 is 1.61 bits per heavy atom. The summed E-state index contributed by atoms with van der Waals surface area (Å²) in [4.78, 5) is 25.2. The Balaban J connectivity index is 0.00000192. The van der Waals surface area contributed by atoms with Crippen molar-refractivity contribution in [2.45, 2.75) is 31.2 Å². The van der Waals surface area contributed by atoms with Crippen LogP contribution in [0.1, 0.15) is 19.0 Å². The molecule has 116 valence electrons. The molecular weight excluding hydrogens is 329 g/mol. The van der Waals surface area contributed by atoms with Gasteiger partial charge in [-0.3, -0.25) is 4.79 Å². The molecule has 3 atom stereocenters. The summed E-state index contributed by atoms with van der Waals surface area (Å²) in [5.41, 5.74) is 0.658. The topological polar surface area (TPSA) is 106 Å². The molecule has 0 radical (unpaired) electrons. The van der Waals surface area contributed by atoms with Gasteiger partial charge in [-0.2, -0.15) is 10.2 Å². The second-order valence-electron chi connectivity index (χ2n) is 5.31. The van der Waals surface area contributed by atoms with E-state index in [0.29, 0.717) is 17.1 Å². The van der Waals surface area contributed by atoms with Gasteiger partial charge in [-0.25, -0.2) is 0 Å². The summed E-state index contributed by atoms with van der Waals surface area (Å²) in [5.74, 6) is -1.78. The number of nitrogens with zero attached hydrogens (tertiary/aromatic N) is 3. The first kappa shape index (κ1) is 18.4. The molecule has 1 aromatic heterocycles. The smallest absolute Gasteiger partial charge is 0.543 e. The molecule has 0 saturated carbocycles. The maximum Gasteiger partial charge on any atom is 1.00 e. The van der Waals surface area contributed by atoms with E-state index in [2.05, 4.69) is 10.2 Å². The summed E-state index contributed by atoms with van der Waals surface area (Å²) >= 11 is 1.32. The second-order valence-corrected chi connectivity index (χ2v) is 6.38. The standard InChI is InChI=1S/C14H15N3O4S.Na/c1-7(18)11-9-5-10(12(14(20)21)17(9)13(11)19)22-6-8-3-2-4-15-16-8;/h2-4,7,9,11,18H,5-6H2,1H3,(H,20,21);/q;+1/p-1/t7-,9-,11-;/m1./s1. The van der Waals surface area contributed by atoms with Crippen LogP contribution in [-0.2, 0) is 15.3 Å². The van der Waals surface area contributed by atoms with Gasteiger partial charge in [0.2, 0.25) is 5.91 Å². The van der Waals surface area contributed by atoms with Gasteiger partial charge in [0.1, 0.15) is 0 Å². The summed E-state index contributed by atoms with van der Waals surface area (Å²) in [6.45, 7) is 1.54. The molecule has 7 nitrogen and oxygen atoms in total. The van der Waals surface area contributed by atoms with Gasteiger partial charge in [0, 0.05) is 23.3 Å². The molecule has 0 aromatic carbocycles. The van der Waals surface area contributed by atoms with Crippen LogP contribution < -0.4 is 34.7 Å². The number of aromatic nitrogens is 2. The number of amides is 1. The molecule has 1 N–H and O–H groups in total. The van der Waals surface area contributed by atoms with Gasteiger partial charge in [0.25, 0.3) is 0 Å². The van der Waals surface area contributed by atoms with E-state index in [1.165, 1.54) is 16.7 Å². The molecular formula is C14H14N3NaO4S. The van der Waals surface area contributed by atoms with Crippen LogP contribution in [0.5, 0.6) is 0 Å². The summed E-state index contributed by atoms with van der Waals surface area (Å²) < 4.78 is 0. The number of thioether (sulfide) groups is 1. The largest absolute Gasteiger partial charge is 1.00 e. The van der Waals surface area contributed by atoms with Crippen molar-refractivity contribution in [1.29, 1.82) is 0 Å². The zero-order chi connectivity index (χ0) is 15.9. The van der Waals surface area contributed by atoms with Gasteiger partial charge in [0.05, 0.1) is 35.4 Å². The molecule has 1 fully saturated rings. The Morgan fingerprint density at radius 3 is 2.91 bits per heavy atom. The predicted molar refractivity (Wildman–Crippen MR) is 75.8 cm³/mol. The summed E-state index contributed by atoms with van der Waals surface area (Å²) in [6, 6.07) is 3.27. The zero-order valence-corrected chi connectivity index (χ0v) is 15.6. The van der Waals surface area contributed by atoms with Gasteiger partial charge >= 0.3 is 29.6 Å². The predicted octanol–water partition coefficient (Wildman–Crippen LogP) is -3.71.